The molecule has 0 aromatic carbocycles. The Bertz CT molecular complexity index is 243. The van der Waals surface area contributed by atoms with E-state index < -0.39 is 6.04 Å². The van der Waals surface area contributed by atoms with Crippen LogP contribution in [0.4, 0.5) is 0 Å². The maximum atomic E-state index is 11.8. The molecule has 1 fully saturated rings. The highest BCUT2D eigenvalue weighted by Gasteiger charge is 2.22. The number of rotatable bonds is 3. The summed E-state index contributed by atoms with van der Waals surface area (Å²) in [6, 6.07) is -0.414. The first-order chi connectivity index (χ1) is 7.15. The van der Waals surface area contributed by atoms with Crippen molar-refractivity contribution in [1.29, 1.82) is 0 Å². The van der Waals surface area contributed by atoms with Gasteiger partial charge in [-0.25, -0.2) is 0 Å². The molecular formula is C10H19N3O2. The van der Waals surface area contributed by atoms with Gasteiger partial charge in [0.05, 0.1) is 6.04 Å². The highest BCUT2D eigenvalue weighted by atomic mass is 16.2. The molecule has 1 atom stereocenters. The minimum atomic E-state index is -0.414. The van der Waals surface area contributed by atoms with E-state index in [1.165, 1.54) is 0 Å². The van der Waals surface area contributed by atoms with E-state index in [4.69, 9.17) is 5.73 Å². The van der Waals surface area contributed by atoms with Crippen molar-refractivity contribution < 1.29 is 9.59 Å². The van der Waals surface area contributed by atoms with Crippen molar-refractivity contribution in [3.8, 4) is 0 Å². The van der Waals surface area contributed by atoms with Gasteiger partial charge >= 0.3 is 0 Å². The van der Waals surface area contributed by atoms with E-state index in [9.17, 15) is 9.59 Å². The molecule has 0 saturated carbocycles. The van der Waals surface area contributed by atoms with Crippen LogP contribution >= 0.6 is 0 Å². The van der Waals surface area contributed by atoms with Gasteiger partial charge in [-0.2, -0.15) is 0 Å². The number of carbonyl (C=O) groups excluding carboxylic acids is 2. The van der Waals surface area contributed by atoms with Crippen LogP contribution in [-0.4, -0.2) is 42.4 Å². The molecule has 1 aliphatic heterocycles. The van der Waals surface area contributed by atoms with E-state index >= 15 is 0 Å². The molecule has 0 aromatic heterocycles. The van der Waals surface area contributed by atoms with Crippen LogP contribution in [0.5, 0.6) is 0 Å². The number of hydrogen-bond donors (Lipinski definition) is 2. The van der Waals surface area contributed by atoms with Crippen LogP contribution in [0.1, 0.15) is 26.2 Å². The molecule has 1 heterocycles. The van der Waals surface area contributed by atoms with E-state index in [0.29, 0.717) is 32.5 Å². The molecule has 1 aliphatic rings. The molecule has 1 unspecified atom stereocenters. The Hall–Kier alpha value is -1.10. The summed E-state index contributed by atoms with van der Waals surface area (Å²) in [4.78, 5) is 24.6. The van der Waals surface area contributed by atoms with Crippen molar-refractivity contribution in [1.82, 2.24) is 10.2 Å². The molecular weight excluding hydrogens is 194 g/mol. The molecule has 15 heavy (non-hydrogen) atoms. The number of amides is 2. The number of nitrogens with zero attached hydrogens (tertiary/aromatic N) is 1. The van der Waals surface area contributed by atoms with E-state index in [0.717, 1.165) is 6.42 Å². The smallest absolute Gasteiger partial charge is 0.239 e. The molecule has 5 heteroatoms. The van der Waals surface area contributed by atoms with Gasteiger partial charge in [0.25, 0.3) is 0 Å². The number of hydrogen-bond acceptors (Lipinski definition) is 3. The van der Waals surface area contributed by atoms with E-state index in [2.05, 4.69) is 5.32 Å². The Balaban J connectivity index is 2.47. The van der Waals surface area contributed by atoms with Crippen LogP contribution in [0, 0.1) is 0 Å². The molecule has 0 radical (unpaired) electrons. The minimum absolute atomic E-state index is 0.00867. The highest BCUT2D eigenvalue weighted by Crippen LogP contribution is 2.03. The van der Waals surface area contributed by atoms with Crippen LogP contribution in [0.3, 0.4) is 0 Å². The average molecular weight is 213 g/mol. The van der Waals surface area contributed by atoms with Crippen LogP contribution in [0.2, 0.25) is 0 Å². The lowest BCUT2D eigenvalue weighted by molar-refractivity contribution is -0.132. The molecule has 0 spiro atoms. The summed E-state index contributed by atoms with van der Waals surface area (Å²) < 4.78 is 0. The summed E-state index contributed by atoms with van der Waals surface area (Å²) >= 11 is 0. The normalized spacial score (nSPS) is 19.3. The fraction of sp³-hybridized carbons (Fsp3) is 0.800. The summed E-state index contributed by atoms with van der Waals surface area (Å²) in [5.41, 5.74) is 5.75. The van der Waals surface area contributed by atoms with Crippen LogP contribution in [-0.2, 0) is 9.59 Å². The van der Waals surface area contributed by atoms with Crippen LogP contribution in [0.15, 0.2) is 0 Å². The zero-order valence-corrected chi connectivity index (χ0v) is 9.16. The van der Waals surface area contributed by atoms with Gasteiger partial charge < -0.3 is 16.0 Å². The Kier molecular flexibility index (Phi) is 4.55. The van der Waals surface area contributed by atoms with Gasteiger partial charge in [-0.15, -0.1) is 0 Å². The molecule has 1 rings (SSSR count). The largest absolute Gasteiger partial charge is 0.354 e. The summed E-state index contributed by atoms with van der Waals surface area (Å²) in [6.45, 7) is 3.59. The second-order valence-electron chi connectivity index (χ2n) is 3.82. The topological polar surface area (TPSA) is 75.4 Å². The van der Waals surface area contributed by atoms with E-state index in [1.54, 1.807) is 4.90 Å². The lowest BCUT2D eigenvalue weighted by Crippen LogP contribution is -2.45. The molecule has 2 amide bonds. The van der Waals surface area contributed by atoms with Gasteiger partial charge in [0.2, 0.25) is 11.8 Å². The molecule has 86 valence electrons. The fourth-order valence-corrected chi connectivity index (χ4v) is 1.66. The number of carbonyl (C=O) groups is 2. The summed E-state index contributed by atoms with van der Waals surface area (Å²) in [6.07, 6.45) is 1.99. The maximum absolute atomic E-state index is 11.8. The monoisotopic (exact) mass is 213 g/mol. The zero-order valence-electron chi connectivity index (χ0n) is 9.16. The first-order valence-corrected chi connectivity index (χ1v) is 5.46. The lowest BCUT2D eigenvalue weighted by atomic mass is 10.1. The molecule has 0 bridgehead atoms. The molecule has 1 saturated heterocycles. The zero-order chi connectivity index (χ0) is 11.3. The molecule has 0 aliphatic carbocycles. The van der Waals surface area contributed by atoms with Crippen molar-refractivity contribution in [3.05, 3.63) is 0 Å². The van der Waals surface area contributed by atoms with Crippen LogP contribution < -0.4 is 11.1 Å². The second kappa shape index (κ2) is 5.70. The van der Waals surface area contributed by atoms with Gasteiger partial charge in [-0.1, -0.05) is 13.3 Å². The lowest BCUT2D eigenvalue weighted by Gasteiger charge is -2.23. The SMILES string of the molecule is CCCC(N)C(=O)N1CCNC(=O)CC1. The predicted molar refractivity (Wildman–Crippen MR) is 57.1 cm³/mol. The minimum Gasteiger partial charge on any atom is -0.354 e. The standard InChI is InChI=1S/C10H19N3O2/c1-2-3-8(11)10(15)13-6-4-9(14)12-5-7-13/h8H,2-7,11H2,1H3,(H,12,14). The van der Waals surface area contributed by atoms with Gasteiger partial charge in [0, 0.05) is 26.1 Å². The van der Waals surface area contributed by atoms with Crippen molar-refractivity contribution in [3.63, 3.8) is 0 Å². The molecule has 3 N–H and O–H groups in total. The Morgan fingerprint density at radius 2 is 2.33 bits per heavy atom. The van der Waals surface area contributed by atoms with Crippen molar-refractivity contribution in [2.75, 3.05) is 19.6 Å². The van der Waals surface area contributed by atoms with E-state index in [1.807, 2.05) is 6.92 Å². The van der Waals surface area contributed by atoms with Crippen molar-refractivity contribution in [2.45, 2.75) is 32.2 Å². The summed E-state index contributed by atoms with van der Waals surface area (Å²) in [5.74, 6) is -0.0253. The maximum Gasteiger partial charge on any atom is 0.239 e. The summed E-state index contributed by atoms with van der Waals surface area (Å²) in [7, 11) is 0. The van der Waals surface area contributed by atoms with Crippen molar-refractivity contribution in [2.24, 2.45) is 5.73 Å². The van der Waals surface area contributed by atoms with Crippen LogP contribution in [0.25, 0.3) is 0 Å². The highest BCUT2D eigenvalue weighted by molar-refractivity contribution is 5.83. The Morgan fingerprint density at radius 1 is 1.60 bits per heavy atom. The Morgan fingerprint density at radius 3 is 3.00 bits per heavy atom. The molecule has 0 aromatic rings. The fourth-order valence-electron chi connectivity index (χ4n) is 1.66. The Labute approximate surface area is 90.0 Å². The second-order valence-corrected chi connectivity index (χ2v) is 3.82. The van der Waals surface area contributed by atoms with Gasteiger partial charge in [-0.3, -0.25) is 9.59 Å². The van der Waals surface area contributed by atoms with Crippen molar-refractivity contribution >= 4 is 11.8 Å². The summed E-state index contributed by atoms with van der Waals surface area (Å²) in [5, 5.41) is 2.73. The van der Waals surface area contributed by atoms with Gasteiger partial charge in [0.15, 0.2) is 0 Å². The van der Waals surface area contributed by atoms with Gasteiger partial charge in [0.1, 0.15) is 0 Å². The third kappa shape index (κ3) is 3.51. The van der Waals surface area contributed by atoms with Gasteiger partial charge in [-0.05, 0) is 6.42 Å². The quantitative estimate of drug-likeness (QED) is 0.661. The first-order valence-electron chi connectivity index (χ1n) is 5.46. The third-order valence-electron chi connectivity index (χ3n) is 2.54. The average Bonchev–Trinajstić information content (AvgIpc) is 2.42. The number of nitrogens with one attached hydrogen (secondary N) is 1. The predicted octanol–water partition coefficient (Wildman–Crippen LogP) is -0.538. The molecule has 5 nitrogen and oxygen atoms in total. The first kappa shape index (κ1) is 12.0. The van der Waals surface area contributed by atoms with E-state index in [-0.39, 0.29) is 11.8 Å². The number of nitrogens with two attached hydrogens (primary N) is 1. The third-order valence-corrected chi connectivity index (χ3v) is 2.54.